The third-order valence-electron chi connectivity index (χ3n) is 6.99. The zero-order valence-corrected chi connectivity index (χ0v) is 14.1. The quantitative estimate of drug-likeness (QED) is 0.905. The first-order valence-electron chi connectivity index (χ1n) is 8.50. The van der Waals surface area contributed by atoms with Crippen LogP contribution < -0.4 is 0 Å². The maximum absolute atomic E-state index is 11.6. The van der Waals surface area contributed by atoms with Crippen LogP contribution in [0.2, 0.25) is 0 Å². The van der Waals surface area contributed by atoms with Crippen molar-refractivity contribution >= 4 is 0 Å². The van der Waals surface area contributed by atoms with E-state index in [9.17, 15) is 5.11 Å². The van der Waals surface area contributed by atoms with Gasteiger partial charge in [0.1, 0.15) is 5.60 Å². The summed E-state index contributed by atoms with van der Waals surface area (Å²) in [4.78, 5) is 9.20. The van der Waals surface area contributed by atoms with Gasteiger partial charge in [-0.3, -0.25) is 4.98 Å². The van der Waals surface area contributed by atoms with Crippen LogP contribution in [0.3, 0.4) is 0 Å². The molecule has 0 saturated heterocycles. The van der Waals surface area contributed by atoms with Crippen LogP contribution in [0.25, 0.3) is 11.4 Å². The van der Waals surface area contributed by atoms with Gasteiger partial charge in [0.2, 0.25) is 0 Å². The van der Waals surface area contributed by atoms with Gasteiger partial charge in [0, 0.05) is 11.6 Å². The van der Waals surface area contributed by atoms with Gasteiger partial charge in [0.05, 0.1) is 17.1 Å². The Morgan fingerprint density at radius 3 is 2.43 bits per heavy atom. The second-order valence-corrected chi connectivity index (χ2v) is 7.98. The molecule has 0 spiro atoms. The van der Waals surface area contributed by atoms with Gasteiger partial charge >= 0.3 is 0 Å². The number of aliphatic hydroxyl groups is 1. The Balaban J connectivity index is 1.80. The maximum Gasteiger partial charge on any atom is 0.113 e. The normalized spacial score (nSPS) is 34.7. The molecule has 2 aliphatic rings. The molecular formula is C20H24N2O. The molecule has 0 aromatic carbocycles. The predicted molar refractivity (Wildman–Crippen MR) is 90.6 cm³/mol. The maximum atomic E-state index is 11.6. The van der Waals surface area contributed by atoms with Crippen molar-refractivity contribution < 1.29 is 5.11 Å². The molecule has 2 aromatic rings. The van der Waals surface area contributed by atoms with Crippen molar-refractivity contribution in [1.29, 1.82) is 0 Å². The van der Waals surface area contributed by atoms with Crippen molar-refractivity contribution in [3.8, 4) is 11.4 Å². The lowest BCUT2D eigenvalue weighted by molar-refractivity contribution is -0.0987. The van der Waals surface area contributed by atoms with Gasteiger partial charge in [-0.15, -0.1) is 0 Å². The molecule has 120 valence electrons. The van der Waals surface area contributed by atoms with Crippen molar-refractivity contribution in [1.82, 2.24) is 9.97 Å². The predicted octanol–water partition coefficient (Wildman–Crippen LogP) is 4.18. The Morgan fingerprint density at radius 1 is 1.04 bits per heavy atom. The van der Waals surface area contributed by atoms with Crippen LogP contribution in [-0.4, -0.2) is 15.1 Å². The minimum atomic E-state index is -0.843. The van der Waals surface area contributed by atoms with Gasteiger partial charge in [0.25, 0.3) is 0 Å². The summed E-state index contributed by atoms with van der Waals surface area (Å²) in [7, 11) is 0. The summed E-state index contributed by atoms with van der Waals surface area (Å²) in [5.41, 5.74) is 1.67. The minimum Gasteiger partial charge on any atom is -0.383 e. The molecule has 3 nitrogen and oxygen atoms in total. The molecule has 1 N–H and O–H groups in total. The number of hydrogen-bond donors (Lipinski definition) is 1. The summed E-state index contributed by atoms with van der Waals surface area (Å²) < 4.78 is 0. The van der Waals surface area contributed by atoms with Crippen LogP contribution >= 0.6 is 0 Å². The third-order valence-corrected chi connectivity index (χ3v) is 6.99. The fourth-order valence-electron chi connectivity index (χ4n) is 4.98. The van der Waals surface area contributed by atoms with E-state index in [4.69, 9.17) is 4.98 Å². The van der Waals surface area contributed by atoms with E-state index in [1.54, 1.807) is 6.20 Å². The first kappa shape index (κ1) is 14.8. The molecule has 0 unspecified atom stereocenters. The zero-order chi connectivity index (χ0) is 16.3. The summed E-state index contributed by atoms with van der Waals surface area (Å²) in [5.74, 6) is 0.567. The summed E-state index contributed by atoms with van der Waals surface area (Å²) in [6.45, 7) is 6.87. The average Bonchev–Trinajstić information content (AvgIpc) is 2.88. The molecule has 0 aliphatic heterocycles. The second-order valence-electron chi connectivity index (χ2n) is 7.98. The van der Waals surface area contributed by atoms with E-state index in [1.165, 1.54) is 6.42 Å². The molecule has 2 bridgehead atoms. The monoisotopic (exact) mass is 308 g/mol. The molecule has 2 fully saturated rings. The number of fused-ring (bicyclic) bond motifs is 2. The molecule has 2 saturated carbocycles. The van der Waals surface area contributed by atoms with Gasteiger partial charge in [-0.05, 0) is 54.9 Å². The van der Waals surface area contributed by atoms with E-state index in [1.807, 2.05) is 36.4 Å². The van der Waals surface area contributed by atoms with E-state index < -0.39 is 5.60 Å². The van der Waals surface area contributed by atoms with E-state index in [0.29, 0.717) is 5.92 Å². The lowest BCUT2D eigenvalue weighted by atomic mass is 9.63. The smallest absolute Gasteiger partial charge is 0.113 e. The van der Waals surface area contributed by atoms with Crippen molar-refractivity contribution in [3.05, 3.63) is 48.3 Å². The van der Waals surface area contributed by atoms with Crippen LogP contribution in [0.5, 0.6) is 0 Å². The number of aromatic nitrogens is 2. The van der Waals surface area contributed by atoms with E-state index >= 15 is 0 Å². The Labute approximate surface area is 137 Å². The largest absolute Gasteiger partial charge is 0.383 e. The third kappa shape index (κ3) is 1.80. The Morgan fingerprint density at radius 2 is 1.83 bits per heavy atom. The zero-order valence-electron chi connectivity index (χ0n) is 14.1. The van der Waals surface area contributed by atoms with E-state index in [2.05, 4.69) is 25.8 Å². The number of pyridine rings is 2. The van der Waals surface area contributed by atoms with Gasteiger partial charge in [-0.1, -0.05) is 32.9 Å². The SMILES string of the molecule is CC1(C)[C@H]2CC[C@]1(C)[C@](O)(c1cccc(-c3ccccn3)n1)C2. The van der Waals surface area contributed by atoms with Crippen LogP contribution in [0, 0.1) is 16.7 Å². The average molecular weight is 308 g/mol. The molecule has 2 aromatic heterocycles. The second kappa shape index (κ2) is 4.64. The summed E-state index contributed by atoms with van der Waals surface area (Å²) in [6.07, 6.45) is 4.87. The minimum absolute atomic E-state index is 0.125. The molecule has 2 aliphatic carbocycles. The molecular weight excluding hydrogens is 284 g/mol. The Kier molecular flexibility index (Phi) is 2.99. The highest BCUT2D eigenvalue weighted by atomic mass is 16.3. The van der Waals surface area contributed by atoms with Crippen molar-refractivity contribution in [3.63, 3.8) is 0 Å². The van der Waals surface area contributed by atoms with Crippen molar-refractivity contribution in [2.75, 3.05) is 0 Å². The molecule has 4 rings (SSSR count). The highest BCUT2D eigenvalue weighted by Gasteiger charge is 2.69. The van der Waals surface area contributed by atoms with Gasteiger partial charge in [0.15, 0.2) is 0 Å². The fourth-order valence-corrected chi connectivity index (χ4v) is 4.98. The van der Waals surface area contributed by atoms with Crippen LogP contribution in [0.1, 0.15) is 45.7 Å². The molecule has 3 atom stereocenters. The molecule has 23 heavy (non-hydrogen) atoms. The summed E-state index contributed by atoms with van der Waals surface area (Å²) in [5, 5.41) is 11.6. The number of rotatable bonds is 2. The summed E-state index contributed by atoms with van der Waals surface area (Å²) >= 11 is 0. The first-order valence-corrected chi connectivity index (χ1v) is 8.50. The molecule has 2 heterocycles. The van der Waals surface area contributed by atoms with Crippen LogP contribution in [0.4, 0.5) is 0 Å². The van der Waals surface area contributed by atoms with Crippen LogP contribution in [0.15, 0.2) is 42.6 Å². The highest BCUT2D eigenvalue weighted by Crippen LogP contribution is 2.72. The van der Waals surface area contributed by atoms with Gasteiger partial charge in [-0.25, -0.2) is 4.98 Å². The topological polar surface area (TPSA) is 46.0 Å². The Bertz CT molecular complexity index is 742. The van der Waals surface area contributed by atoms with Crippen molar-refractivity contribution in [2.45, 2.75) is 45.6 Å². The lowest BCUT2D eigenvalue weighted by Crippen LogP contribution is -2.45. The van der Waals surface area contributed by atoms with E-state index in [-0.39, 0.29) is 10.8 Å². The lowest BCUT2D eigenvalue weighted by Gasteiger charge is -2.45. The van der Waals surface area contributed by atoms with Crippen LogP contribution in [-0.2, 0) is 5.60 Å². The number of nitrogens with zero attached hydrogens (tertiary/aromatic N) is 2. The highest BCUT2D eigenvalue weighted by molar-refractivity contribution is 5.54. The fraction of sp³-hybridized carbons (Fsp3) is 0.500. The van der Waals surface area contributed by atoms with E-state index in [0.717, 1.165) is 29.9 Å². The molecule has 0 radical (unpaired) electrons. The van der Waals surface area contributed by atoms with Gasteiger partial charge in [-0.2, -0.15) is 0 Å². The molecule has 0 amide bonds. The van der Waals surface area contributed by atoms with Gasteiger partial charge < -0.3 is 5.11 Å². The molecule has 3 heteroatoms. The van der Waals surface area contributed by atoms with Crippen molar-refractivity contribution in [2.24, 2.45) is 16.7 Å². The number of hydrogen-bond acceptors (Lipinski definition) is 3. The Hall–Kier alpha value is -1.74. The standard InChI is InChI=1S/C20H24N2O/c1-18(2)14-10-11-19(18,3)20(23,13-14)17-9-6-8-16(22-17)15-7-4-5-12-21-15/h4-9,12,14,23H,10-11,13H2,1-3H3/t14-,19-,20+/m0/s1. The first-order chi connectivity index (χ1) is 10.9. The summed E-state index contributed by atoms with van der Waals surface area (Å²) in [6, 6.07) is 11.8.